The summed E-state index contributed by atoms with van der Waals surface area (Å²) < 4.78 is -6.49. The zero-order chi connectivity index (χ0) is 14.6. The van der Waals surface area contributed by atoms with Crippen molar-refractivity contribution in [2.24, 2.45) is 0 Å². The first-order chi connectivity index (χ1) is 8.00. The molecule has 18 heavy (non-hydrogen) atoms. The minimum Gasteiger partial charge on any atom is -0.479 e. The molecule has 0 aromatic rings. The molecule has 0 bridgehead atoms. The molecule has 0 heterocycles. The summed E-state index contributed by atoms with van der Waals surface area (Å²) >= 11 is 35.0. The maximum atomic E-state index is 10.9. The summed E-state index contributed by atoms with van der Waals surface area (Å²) in [4.78, 5) is 10.9. The second-order valence-electron chi connectivity index (χ2n) is 3.97. The van der Waals surface area contributed by atoms with Gasteiger partial charge in [-0.3, -0.25) is 0 Å². The van der Waals surface area contributed by atoms with Gasteiger partial charge in [0.15, 0.2) is 8.67 Å². The fraction of sp³-hybridized carbons (Fsp3) is 0.900. The van der Waals surface area contributed by atoms with Gasteiger partial charge in [-0.2, -0.15) is 0 Å². The van der Waals surface area contributed by atoms with Crippen LogP contribution in [-0.4, -0.2) is 24.1 Å². The third kappa shape index (κ3) is 4.36. The van der Waals surface area contributed by atoms with Crippen LogP contribution in [0.2, 0.25) is 0 Å². The summed E-state index contributed by atoms with van der Waals surface area (Å²) in [7, 11) is 0. The number of carbonyl (C=O) groups is 1. The van der Waals surface area contributed by atoms with Crippen molar-refractivity contribution < 1.29 is 9.90 Å². The van der Waals surface area contributed by atoms with E-state index in [2.05, 4.69) is 6.92 Å². The smallest absolute Gasteiger partial charge is 0.343 e. The van der Waals surface area contributed by atoms with Gasteiger partial charge in [-0.25, -0.2) is 4.79 Å². The van der Waals surface area contributed by atoms with Crippen LogP contribution in [0.5, 0.6) is 0 Å². The van der Waals surface area contributed by atoms with Gasteiger partial charge in [0.05, 0.1) is 0 Å². The van der Waals surface area contributed by atoms with Crippen molar-refractivity contribution in [1.82, 2.24) is 0 Å². The number of halogens is 6. The highest BCUT2D eigenvalue weighted by molar-refractivity contribution is 6.73. The Kier molecular flexibility index (Phi) is 7.77. The largest absolute Gasteiger partial charge is 0.479 e. The van der Waals surface area contributed by atoms with Crippen molar-refractivity contribution in [1.29, 1.82) is 0 Å². The average molecular weight is 379 g/mol. The first kappa shape index (κ1) is 19.2. The van der Waals surface area contributed by atoms with E-state index in [9.17, 15) is 4.79 Å². The molecule has 1 N–H and O–H groups in total. The van der Waals surface area contributed by atoms with Gasteiger partial charge in [0, 0.05) is 0 Å². The molecule has 0 rings (SSSR count). The molecule has 0 aromatic carbocycles. The van der Waals surface area contributed by atoms with Crippen LogP contribution < -0.4 is 0 Å². The predicted molar refractivity (Wildman–Crippen MR) is 79.7 cm³/mol. The van der Waals surface area contributed by atoms with Gasteiger partial charge in [-0.15, -0.1) is 0 Å². The van der Waals surface area contributed by atoms with E-state index in [1.165, 1.54) is 0 Å². The van der Waals surface area contributed by atoms with Crippen LogP contribution in [0, 0.1) is 0 Å². The molecule has 0 fully saturated rings. The summed E-state index contributed by atoms with van der Waals surface area (Å²) in [6, 6.07) is 0. The van der Waals surface area contributed by atoms with E-state index in [4.69, 9.17) is 74.7 Å². The van der Waals surface area contributed by atoms with E-state index in [1.807, 2.05) is 0 Å². The highest BCUT2D eigenvalue weighted by atomic mass is 35.5. The molecule has 2 nitrogen and oxygen atoms in total. The van der Waals surface area contributed by atoms with Crippen LogP contribution in [0.4, 0.5) is 0 Å². The molecule has 0 unspecified atom stereocenters. The van der Waals surface area contributed by atoms with E-state index in [0.717, 1.165) is 19.3 Å². The highest BCUT2D eigenvalue weighted by Crippen LogP contribution is 2.56. The van der Waals surface area contributed by atoms with Gasteiger partial charge in [-0.05, 0) is 6.42 Å². The molecule has 0 radical (unpaired) electrons. The lowest BCUT2D eigenvalue weighted by atomic mass is 10.1. The minimum absolute atomic E-state index is 0.192. The van der Waals surface area contributed by atoms with E-state index >= 15 is 0 Å². The topological polar surface area (TPSA) is 37.3 Å². The lowest BCUT2D eigenvalue weighted by Gasteiger charge is -2.38. The van der Waals surface area contributed by atoms with Gasteiger partial charge in [0.2, 0.25) is 4.33 Å². The van der Waals surface area contributed by atoms with Gasteiger partial charge < -0.3 is 5.11 Å². The number of alkyl halides is 6. The Morgan fingerprint density at radius 1 is 1.00 bits per heavy atom. The molecule has 0 aromatic heterocycles. The standard InChI is InChI=1S/C10H14Cl6O2/c1-2-3-4-5-6-8(11,12)10(15,16)9(13,14)7(17)18/h2-6H2,1H3,(H,17,18). The van der Waals surface area contributed by atoms with Gasteiger partial charge in [-0.1, -0.05) is 102 Å². The fourth-order valence-electron chi connectivity index (χ4n) is 1.29. The highest BCUT2D eigenvalue weighted by Gasteiger charge is 2.64. The Hall–Kier alpha value is 1.21. The van der Waals surface area contributed by atoms with Crippen LogP contribution in [0.25, 0.3) is 0 Å². The monoisotopic (exact) mass is 376 g/mol. The van der Waals surface area contributed by atoms with Crippen molar-refractivity contribution >= 4 is 75.6 Å². The van der Waals surface area contributed by atoms with E-state index in [-0.39, 0.29) is 6.42 Å². The molecule has 0 saturated carbocycles. The maximum Gasteiger partial charge on any atom is 0.343 e. The Bertz CT molecular complexity index is 290. The van der Waals surface area contributed by atoms with E-state index < -0.39 is 19.0 Å². The van der Waals surface area contributed by atoms with Crippen molar-refractivity contribution in [3.63, 3.8) is 0 Å². The SMILES string of the molecule is CCCCCCC(Cl)(Cl)C(Cl)(Cl)C(Cl)(Cl)C(=O)O. The normalized spacial score (nSPS) is 13.7. The Labute approximate surface area is 137 Å². The summed E-state index contributed by atoms with van der Waals surface area (Å²) in [6.45, 7) is 2.05. The third-order valence-electron chi connectivity index (χ3n) is 2.47. The summed E-state index contributed by atoms with van der Waals surface area (Å²) in [6.07, 6.45) is 3.76. The summed E-state index contributed by atoms with van der Waals surface area (Å²) in [5.41, 5.74) is 0. The van der Waals surface area contributed by atoms with Crippen LogP contribution in [0.15, 0.2) is 0 Å². The number of aliphatic carboxylic acids is 1. The third-order valence-corrected chi connectivity index (χ3v) is 6.29. The zero-order valence-electron chi connectivity index (χ0n) is 9.66. The molecule has 0 amide bonds. The Morgan fingerprint density at radius 2 is 1.50 bits per heavy atom. The van der Waals surface area contributed by atoms with Crippen LogP contribution >= 0.6 is 69.6 Å². The zero-order valence-corrected chi connectivity index (χ0v) is 14.2. The molecular weight excluding hydrogens is 365 g/mol. The molecule has 0 aliphatic heterocycles. The molecular formula is C10H14Cl6O2. The summed E-state index contributed by atoms with van der Waals surface area (Å²) in [5.74, 6) is -1.60. The molecule has 0 aliphatic carbocycles. The Balaban J connectivity index is 4.80. The first-order valence-corrected chi connectivity index (χ1v) is 7.64. The van der Waals surface area contributed by atoms with Crippen LogP contribution in [0.1, 0.15) is 39.0 Å². The lowest BCUT2D eigenvalue weighted by Crippen LogP contribution is -2.53. The van der Waals surface area contributed by atoms with Crippen molar-refractivity contribution in [2.45, 2.75) is 52.0 Å². The van der Waals surface area contributed by atoms with Crippen molar-refractivity contribution in [3.05, 3.63) is 0 Å². The van der Waals surface area contributed by atoms with E-state index in [1.54, 1.807) is 0 Å². The number of carboxylic acids is 1. The number of hydrogen-bond acceptors (Lipinski definition) is 1. The minimum atomic E-state index is -2.50. The molecule has 0 saturated heterocycles. The number of rotatable bonds is 8. The Morgan fingerprint density at radius 3 is 1.89 bits per heavy atom. The second kappa shape index (κ2) is 7.28. The van der Waals surface area contributed by atoms with Crippen LogP contribution in [0.3, 0.4) is 0 Å². The van der Waals surface area contributed by atoms with Gasteiger partial charge in [0.25, 0.3) is 0 Å². The quantitative estimate of drug-likeness (QED) is 0.443. The number of carboxylic acid groups (broad SMARTS) is 1. The molecule has 108 valence electrons. The molecule has 8 heteroatoms. The fourth-order valence-corrected chi connectivity index (χ4v) is 2.71. The number of unbranched alkanes of at least 4 members (excludes halogenated alkanes) is 3. The van der Waals surface area contributed by atoms with Gasteiger partial charge >= 0.3 is 5.97 Å². The molecule has 0 spiro atoms. The van der Waals surface area contributed by atoms with Crippen LogP contribution in [-0.2, 0) is 4.79 Å². The maximum absolute atomic E-state index is 10.9. The average Bonchev–Trinajstić information content (AvgIpc) is 2.23. The predicted octanol–water partition coefficient (Wildman–Crippen LogP) is 5.56. The van der Waals surface area contributed by atoms with Crippen molar-refractivity contribution in [3.8, 4) is 0 Å². The van der Waals surface area contributed by atoms with Gasteiger partial charge in [0.1, 0.15) is 0 Å². The molecule has 0 atom stereocenters. The van der Waals surface area contributed by atoms with E-state index in [0.29, 0.717) is 6.42 Å². The second-order valence-corrected chi connectivity index (χ2v) is 8.11. The number of hydrogen-bond donors (Lipinski definition) is 1. The van der Waals surface area contributed by atoms with Crippen molar-refractivity contribution in [2.75, 3.05) is 0 Å². The first-order valence-electron chi connectivity index (χ1n) is 5.37. The lowest BCUT2D eigenvalue weighted by molar-refractivity contribution is -0.138. The molecule has 0 aliphatic rings. The summed E-state index contributed by atoms with van der Waals surface area (Å²) in [5, 5.41) is 8.90.